The third kappa shape index (κ3) is 3.53. The summed E-state index contributed by atoms with van der Waals surface area (Å²) in [7, 11) is 0. The minimum atomic E-state index is -1.17. The molecule has 0 unspecified atom stereocenters. The Morgan fingerprint density at radius 2 is 2.00 bits per heavy atom. The summed E-state index contributed by atoms with van der Waals surface area (Å²) >= 11 is 0. The van der Waals surface area contributed by atoms with Crippen molar-refractivity contribution in [3.63, 3.8) is 0 Å². The van der Waals surface area contributed by atoms with Gasteiger partial charge in [-0.25, -0.2) is 19.2 Å². The molecule has 1 aromatic heterocycles. The summed E-state index contributed by atoms with van der Waals surface area (Å²) < 4.78 is 13.9. The second-order valence-corrected chi connectivity index (χ2v) is 5.04. The number of carboxylic acid groups (broad SMARTS) is 1. The number of hydrogen-bond donors (Lipinski definition) is 2. The van der Waals surface area contributed by atoms with E-state index in [1.165, 1.54) is 12.1 Å². The van der Waals surface area contributed by atoms with Crippen LogP contribution in [0.3, 0.4) is 0 Å². The van der Waals surface area contributed by atoms with Crippen LogP contribution in [0.2, 0.25) is 0 Å². The molecular formula is C15H16FN3O2. The standard InChI is InChI=1S/C15H16FN3O2/c1-8(2)13-6-9(3)17-15(19-13)18-12-5-4-10(14(20)21)7-11(12)16/h4-8H,1-3H3,(H,20,21)(H,17,18,19). The van der Waals surface area contributed by atoms with Crippen LogP contribution in [-0.2, 0) is 0 Å². The summed E-state index contributed by atoms with van der Waals surface area (Å²) in [5, 5.41) is 11.6. The fraction of sp³-hybridized carbons (Fsp3) is 0.267. The molecule has 1 heterocycles. The molecule has 2 rings (SSSR count). The van der Waals surface area contributed by atoms with E-state index in [0.717, 1.165) is 17.5 Å². The number of hydrogen-bond acceptors (Lipinski definition) is 4. The summed E-state index contributed by atoms with van der Waals surface area (Å²) in [5.74, 6) is -1.31. The van der Waals surface area contributed by atoms with E-state index in [2.05, 4.69) is 15.3 Å². The Balaban J connectivity index is 2.32. The van der Waals surface area contributed by atoms with E-state index in [1.54, 1.807) is 0 Å². The molecule has 5 nitrogen and oxygen atoms in total. The van der Waals surface area contributed by atoms with Gasteiger partial charge < -0.3 is 10.4 Å². The summed E-state index contributed by atoms with van der Waals surface area (Å²) in [6.45, 7) is 5.85. The number of aromatic carboxylic acids is 1. The van der Waals surface area contributed by atoms with Crippen molar-refractivity contribution < 1.29 is 14.3 Å². The minimum Gasteiger partial charge on any atom is -0.478 e. The summed E-state index contributed by atoms with van der Waals surface area (Å²) in [6, 6.07) is 5.52. The zero-order valence-electron chi connectivity index (χ0n) is 12.0. The third-order valence-electron chi connectivity index (χ3n) is 2.93. The number of anilines is 2. The van der Waals surface area contributed by atoms with Crippen LogP contribution < -0.4 is 5.32 Å². The number of benzene rings is 1. The van der Waals surface area contributed by atoms with Gasteiger partial charge in [0.15, 0.2) is 0 Å². The highest BCUT2D eigenvalue weighted by Crippen LogP contribution is 2.21. The molecule has 0 spiro atoms. The third-order valence-corrected chi connectivity index (χ3v) is 2.93. The molecule has 0 aliphatic carbocycles. The molecule has 0 aliphatic rings. The Hall–Kier alpha value is -2.50. The van der Waals surface area contributed by atoms with Gasteiger partial charge in [-0.1, -0.05) is 13.8 Å². The lowest BCUT2D eigenvalue weighted by atomic mass is 10.1. The van der Waals surface area contributed by atoms with Crippen molar-refractivity contribution in [2.75, 3.05) is 5.32 Å². The van der Waals surface area contributed by atoms with Crippen molar-refractivity contribution in [1.82, 2.24) is 9.97 Å². The number of rotatable bonds is 4. The van der Waals surface area contributed by atoms with Crippen LogP contribution in [0.1, 0.15) is 41.5 Å². The van der Waals surface area contributed by atoms with Crippen LogP contribution in [0.25, 0.3) is 0 Å². The predicted octanol–water partition coefficient (Wildman–Crippen LogP) is 3.49. The molecule has 0 radical (unpaired) electrons. The zero-order chi connectivity index (χ0) is 15.6. The molecule has 110 valence electrons. The maximum absolute atomic E-state index is 13.9. The smallest absolute Gasteiger partial charge is 0.335 e. The SMILES string of the molecule is Cc1cc(C(C)C)nc(Nc2ccc(C(=O)O)cc2F)n1. The molecule has 2 aromatic rings. The molecule has 1 aromatic carbocycles. The first kappa shape index (κ1) is 14.9. The molecule has 21 heavy (non-hydrogen) atoms. The summed E-state index contributed by atoms with van der Waals surface area (Å²) in [5.41, 5.74) is 1.66. The molecule has 0 bridgehead atoms. The lowest BCUT2D eigenvalue weighted by Gasteiger charge is -2.11. The van der Waals surface area contributed by atoms with E-state index < -0.39 is 11.8 Å². The van der Waals surface area contributed by atoms with E-state index in [0.29, 0.717) is 5.95 Å². The van der Waals surface area contributed by atoms with Crippen LogP contribution in [0.5, 0.6) is 0 Å². The maximum Gasteiger partial charge on any atom is 0.335 e. The van der Waals surface area contributed by atoms with Gasteiger partial charge in [0.05, 0.1) is 11.3 Å². The van der Waals surface area contributed by atoms with Crippen molar-refractivity contribution in [3.8, 4) is 0 Å². The molecule has 0 saturated heterocycles. The Labute approximate surface area is 121 Å². The summed E-state index contributed by atoms with van der Waals surface area (Å²) in [4.78, 5) is 19.3. The van der Waals surface area contributed by atoms with E-state index in [-0.39, 0.29) is 17.2 Å². The van der Waals surface area contributed by atoms with Gasteiger partial charge in [-0.15, -0.1) is 0 Å². The monoisotopic (exact) mass is 289 g/mol. The number of halogens is 1. The van der Waals surface area contributed by atoms with Crippen LogP contribution >= 0.6 is 0 Å². The van der Waals surface area contributed by atoms with Crippen LogP contribution in [0.4, 0.5) is 16.0 Å². The first-order chi connectivity index (χ1) is 9.86. The van der Waals surface area contributed by atoms with Gasteiger partial charge in [0.25, 0.3) is 0 Å². The number of aryl methyl sites for hydroxylation is 1. The highest BCUT2D eigenvalue weighted by atomic mass is 19.1. The highest BCUT2D eigenvalue weighted by Gasteiger charge is 2.11. The lowest BCUT2D eigenvalue weighted by molar-refractivity contribution is 0.0696. The number of nitrogens with zero attached hydrogens (tertiary/aromatic N) is 2. The average Bonchev–Trinajstić information content (AvgIpc) is 2.40. The average molecular weight is 289 g/mol. The van der Waals surface area contributed by atoms with Gasteiger partial charge >= 0.3 is 5.97 Å². The van der Waals surface area contributed by atoms with E-state index in [4.69, 9.17) is 5.11 Å². The van der Waals surface area contributed by atoms with Gasteiger partial charge in [-0.05, 0) is 37.1 Å². The second-order valence-electron chi connectivity index (χ2n) is 5.04. The highest BCUT2D eigenvalue weighted by molar-refractivity contribution is 5.88. The van der Waals surface area contributed by atoms with Crippen molar-refractivity contribution in [2.24, 2.45) is 0 Å². The maximum atomic E-state index is 13.9. The molecule has 0 saturated carbocycles. The first-order valence-electron chi connectivity index (χ1n) is 6.52. The fourth-order valence-electron chi connectivity index (χ4n) is 1.81. The molecule has 6 heteroatoms. The van der Waals surface area contributed by atoms with Gasteiger partial charge in [-0.2, -0.15) is 0 Å². The minimum absolute atomic E-state index is 0.105. The first-order valence-corrected chi connectivity index (χ1v) is 6.52. The quantitative estimate of drug-likeness (QED) is 0.901. The topological polar surface area (TPSA) is 75.1 Å². The Kier molecular flexibility index (Phi) is 4.16. The molecule has 2 N–H and O–H groups in total. The van der Waals surface area contributed by atoms with E-state index in [9.17, 15) is 9.18 Å². The zero-order valence-corrected chi connectivity index (χ0v) is 12.0. The van der Waals surface area contributed by atoms with Gasteiger partial charge in [0, 0.05) is 11.4 Å². The van der Waals surface area contributed by atoms with Crippen molar-refractivity contribution in [1.29, 1.82) is 0 Å². The lowest BCUT2D eigenvalue weighted by Crippen LogP contribution is -2.05. The van der Waals surface area contributed by atoms with Gasteiger partial charge in [0.1, 0.15) is 5.82 Å². The van der Waals surface area contributed by atoms with Crippen molar-refractivity contribution in [2.45, 2.75) is 26.7 Å². The Bertz CT molecular complexity index is 687. The normalized spacial score (nSPS) is 10.7. The predicted molar refractivity (Wildman–Crippen MR) is 77.5 cm³/mol. The van der Waals surface area contributed by atoms with Crippen molar-refractivity contribution >= 4 is 17.6 Å². The van der Waals surface area contributed by atoms with Crippen LogP contribution in [-0.4, -0.2) is 21.0 Å². The number of aromatic nitrogens is 2. The molecule has 0 atom stereocenters. The number of nitrogens with one attached hydrogen (secondary N) is 1. The fourth-order valence-corrected chi connectivity index (χ4v) is 1.81. The Morgan fingerprint density at radius 3 is 2.57 bits per heavy atom. The molecule has 0 fully saturated rings. The van der Waals surface area contributed by atoms with Crippen LogP contribution in [0.15, 0.2) is 24.3 Å². The number of carbonyl (C=O) groups is 1. The van der Waals surface area contributed by atoms with E-state index in [1.807, 2.05) is 26.8 Å². The largest absolute Gasteiger partial charge is 0.478 e. The van der Waals surface area contributed by atoms with Gasteiger partial charge in [0.2, 0.25) is 5.95 Å². The molecular weight excluding hydrogens is 273 g/mol. The van der Waals surface area contributed by atoms with Crippen LogP contribution in [0, 0.1) is 12.7 Å². The molecule has 0 aliphatic heterocycles. The number of carboxylic acids is 1. The molecule has 0 amide bonds. The van der Waals surface area contributed by atoms with Gasteiger partial charge in [-0.3, -0.25) is 0 Å². The summed E-state index contributed by atoms with van der Waals surface area (Å²) in [6.07, 6.45) is 0. The second kappa shape index (κ2) is 5.87. The van der Waals surface area contributed by atoms with E-state index >= 15 is 0 Å². The van der Waals surface area contributed by atoms with Crippen molar-refractivity contribution in [3.05, 3.63) is 47.0 Å². The Morgan fingerprint density at radius 1 is 1.29 bits per heavy atom.